The van der Waals surface area contributed by atoms with Gasteiger partial charge in [-0.15, -0.1) is 0 Å². The molecule has 0 spiro atoms. The Hall–Kier alpha value is -2.29. The van der Waals surface area contributed by atoms with Gasteiger partial charge in [-0.05, 0) is 44.4 Å². The number of hydrogen-bond donors (Lipinski definition) is 1. The number of carbonyl (C=O) groups excluding carboxylic acids is 1. The fourth-order valence-electron chi connectivity index (χ4n) is 2.44. The summed E-state index contributed by atoms with van der Waals surface area (Å²) in [4.78, 5) is 12.4. The van der Waals surface area contributed by atoms with Gasteiger partial charge in [0.15, 0.2) is 6.10 Å². The van der Waals surface area contributed by atoms with Crippen molar-refractivity contribution in [1.82, 2.24) is 5.32 Å². The normalized spacial score (nSPS) is 13.2. The minimum Gasteiger partial charge on any atom is -0.481 e. The van der Waals surface area contributed by atoms with E-state index in [2.05, 4.69) is 43.4 Å². The van der Waals surface area contributed by atoms with Gasteiger partial charge >= 0.3 is 0 Å². The molecule has 0 aliphatic carbocycles. The van der Waals surface area contributed by atoms with Gasteiger partial charge in [0.25, 0.3) is 5.91 Å². The molecule has 2 rings (SSSR count). The van der Waals surface area contributed by atoms with Gasteiger partial charge in [0.2, 0.25) is 0 Å². The van der Waals surface area contributed by atoms with E-state index in [9.17, 15) is 4.79 Å². The van der Waals surface area contributed by atoms with E-state index in [1.165, 1.54) is 5.56 Å². The molecular weight excluding hydrogens is 286 g/mol. The summed E-state index contributed by atoms with van der Waals surface area (Å²) in [5.41, 5.74) is 3.36. The zero-order valence-electron chi connectivity index (χ0n) is 14.3. The van der Waals surface area contributed by atoms with Gasteiger partial charge in [-0.25, -0.2) is 0 Å². The van der Waals surface area contributed by atoms with Crippen molar-refractivity contribution in [3.05, 3.63) is 65.2 Å². The van der Waals surface area contributed by atoms with Crippen LogP contribution in [-0.2, 0) is 4.79 Å². The third-order valence-corrected chi connectivity index (χ3v) is 3.97. The summed E-state index contributed by atoms with van der Waals surface area (Å²) < 4.78 is 5.80. The van der Waals surface area contributed by atoms with Gasteiger partial charge in [-0.2, -0.15) is 0 Å². The van der Waals surface area contributed by atoms with Crippen molar-refractivity contribution in [2.75, 3.05) is 0 Å². The Morgan fingerprint density at radius 2 is 1.74 bits per heavy atom. The Morgan fingerprint density at radius 3 is 2.35 bits per heavy atom. The van der Waals surface area contributed by atoms with Crippen LogP contribution in [0.5, 0.6) is 5.75 Å². The number of ether oxygens (including phenoxy) is 1. The number of hydrogen-bond acceptors (Lipinski definition) is 2. The Morgan fingerprint density at radius 1 is 1.09 bits per heavy atom. The van der Waals surface area contributed by atoms with Crippen LogP contribution in [0.25, 0.3) is 0 Å². The highest BCUT2D eigenvalue weighted by atomic mass is 16.5. The molecule has 1 N–H and O–H groups in total. The number of carbonyl (C=O) groups is 1. The molecule has 0 saturated heterocycles. The van der Waals surface area contributed by atoms with Gasteiger partial charge in [0.05, 0.1) is 6.04 Å². The monoisotopic (exact) mass is 311 g/mol. The Balaban J connectivity index is 2.01. The molecule has 2 aromatic rings. The molecular formula is C20H25NO2. The van der Waals surface area contributed by atoms with Crippen molar-refractivity contribution in [3.63, 3.8) is 0 Å². The van der Waals surface area contributed by atoms with Crippen LogP contribution in [0.2, 0.25) is 0 Å². The average molecular weight is 311 g/mol. The minimum absolute atomic E-state index is 0.00557. The summed E-state index contributed by atoms with van der Waals surface area (Å²) in [6.07, 6.45) is 0.307. The van der Waals surface area contributed by atoms with E-state index < -0.39 is 6.10 Å². The van der Waals surface area contributed by atoms with E-state index in [4.69, 9.17) is 4.74 Å². The molecule has 23 heavy (non-hydrogen) atoms. The van der Waals surface area contributed by atoms with Crippen LogP contribution in [0.4, 0.5) is 0 Å². The maximum atomic E-state index is 12.4. The van der Waals surface area contributed by atoms with Gasteiger partial charge < -0.3 is 10.1 Å². The maximum Gasteiger partial charge on any atom is 0.261 e. The minimum atomic E-state index is -0.532. The van der Waals surface area contributed by atoms with Gasteiger partial charge in [0, 0.05) is 0 Å². The molecule has 2 atom stereocenters. The fourth-order valence-corrected chi connectivity index (χ4v) is 2.44. The lowest BCUT2D eigenvalue weighted by atomic mass is 10.0. The third-order valence-electron chi connectivity index (χ3n) is 3.97. The summed E-state index contributed by atoms with van der Waals surface area (Å²) in [5.74, 6) is 0.652. The second kappa shape index (κ2) is 7.82. The Bertz CT molecular complexity index is 649. The lowest BCUT2D eigenvalue weighted by Crippen LogP contribution is -2.38. The SMILES string of the molecule is CC[C@@H](NC(=O)[C@@H](C)Oc1ccccc1C)c1ccc(C)cc1. The highest BCUT2D eigenvalue weighted by molar-refractivity contribution is 5.81. The predicted octanol–water partition coefficient (Wildman–Crippen LogP) is 4.34. The quantitative estimate of drug-likeness (QED) is 0.862. The number of para-hydroxylation sites is 1. The van der Waals surface area contributed by atoms with Crippen LogP contribution in [0.1, 0.15) is 43.0 Å². The highest BCUT2D eigenvalue weighted by Crippen LogP contribution is 2.20. The Labute approximate surface area is 138 Å². The predicted molar refractivity (Wildman–Crippen MR) is 93.6 cm³/mol. The van der Waals surface area contributed by atoms with E-state index in [0.717, 1.165) is 23.3 Å². The summed E-state index contributed by atoms with van der Waals surface area (Å²) in [6, 6.07) is 16.0. The summed E-state index contributed by atoms with van der Waals surface area (Å²) in [6.45, 7) is 7.88. The van der Waals surface area contributed by atoms with Crippen LogP contribution >= 0.6 is 0 Å². The van der Waals surface area contributed by atoms with Crippen LogP contribution in [0, 0.1) is 13.8 Å². The van der Waals surface area contributed by atoms with Crippen molar-refractivity contribution >= 4 is 5.91 Å². The lowest BCUT2D eigenvalue weighted by molar-refractivity contribution is -0.128. The molecule has 2 aromatic carbocycles. The standard InChI is InChI=1S/C20H25NO2/c1-5-18(17-12-10-14(2)11-13-17)21-20(22)16(4)23-19-9-7-6-8-15(19)3/h6-13,16,18H,5H2,1-4H3,(H,21,22)/t16-,18-/m1/s1. The number of rotatable bonds is 6. The van der Waals surface area contributed by atoms with E-state index in [1.807, 2.05) is 31.2 Å². The summed E-state index contributed by atoms with van der Waals surface area (Å²) >= 11 is 0. The van der Waals surface area contributed by atoms with Crippen LogP contribution in [-0.4, -0.2) is 12.0 Å². The topological polar surface area (TPSA) is 38.3 Å². The molecule has 122 valence electrons. The van der Waals surface area contributed by atoms with Crippen molar-refractivity contribution in [3.8, 4) is 5.75 Å². The number of benzene rings is 2. The van der Waals surface area contributed by atoms with Crippen LogP contribution in [0.15, 0.2) is 48.5 Å². The summed E-state index contributed by atoms with van der Waals surface area (Å²) in [5, 5.41) is 3.08. The van der Waals surface area contributed by atoms with Crippen molar-refractivity contribution < 1.29 is 9.53 Å². The number of aryl methyl sites for hydroxylation is 2. The molecule has 0 bridgehead atoms. The van der Waals surface area contributed by atoms with Gasteiger partial charge in [-0.1, -0.05) is 55.0 Å². The van der Waals surface area contributed by atoms with Gasteiger partial charge in [0.1, 0.15) is 5.75 Å². The molecule has 3 nitrogen and oxygen atoms in total. The van der Waals surface area contributed by atoms with E-state index >= 15 is 0 Å². The second-order valence-corrected chi connectivity index (χ2v) is 5.91. The molecule has 0 fully saturated rings. The van der Waals surface area contributed by atoms with Crippen molar-refractivity contribution in [2.45, 2.75) is 46.3 Å². The second-order valence-electron chi connectivity index (χ2n) is 5.91. The molecule has 3 heteroatoms. The first-order valence-corrected chi connectivity index (χ1v) is 8.10. The third kappa shape index (κ3) is 4.59. The van der Waals surface area contributed by atoms with Crippen molar-refractivity contribution in [2.24, 2.45) is 0 Å². The van der Waals surface area contributed by atoms with E-state index in [-0.39, 0.29) is 11.9 Å². The molecule has 1 amide bonds. The van der Waals surface area contributed by atoms with Gasteiger partial charge in [-0.3, -0.25) is 4.79 Å². The van der Waals surface area contributed by atoms with Crippen LogP contribution < -0.4 is 10.1 Å². The van der Waals surface area contributed by atoms with Crippen molar-refractivity contribution in [1.29, 1.82) is 0 Å². The first kappa shape index (κ1) is 17.1. The molecule has 0 heterocycles. The number of amides is 1. The number of nitrogens with one attached hydrogen (secondary N) is 1. The maximum absolute atomic E-state index is 12.4. The molecule has 0 radical (unpaired) electrons. The molecule has 0 aromatic heterocycles. The van der Waals surface area contributed by atoms with E-state index in [0.29, 0.717) is 0 Å². The smallest absolute Gasteiger partial charge is 0.261 e. The Kier molecular flexibility index (Phi) is 5.80. The summed E-state index contributed by atoms with van der Waals surface area (Å²) in [7, 11) is 0. The molecule has 0 aliphatic heterocycles. The zero-order valence-corrected chi connectivity index (χ0v) is 14.3. The van der Waals surface area contributed by atoms with E-state index in [1.54, 1.807) is 6.92 Å². The molecule has 0 saturated carbocycles. The fraction of sp³-hybridized carbons (Fsp3) is 0.350. The molecule has 0 unspecified atom stereocenters. The average Bonchev–Trinajstić information content (AvgIpc) is 2.55. The highest BCUT2D eigenvalue weighted by Gasteiger charge is 2.19. The zero-order chi connectivity index (χ0) is 16.8. The first-order valence-electron chi connectivity index (χ1n) is 8.10. The largest absolute Gasteiger partial charge is 0.481 e. The van der Waals surface area contributed by atoms with Crippen LogP contribution in [0.3, 0.4) is 0 Å². The first-order chi connectivity index (χ1) is 11.0. The lowest BCUT2D eigenvalue weighted by Gasteiger charge is -2.21. The molecule has 0 aliphatic rings.